The van der Waals surface area contributed by atoms with Gasteiger partial charge in [-0.1, -0.05) is 0 Å². The topological polar surface area (TPSA) is 299 Å². The molecule has 0 saturated carbocycles. The van der Waals surface area contributed by atoms with Gasteiger partial charge in [-0.25, -0.2) is 18.7 Å². The Labute approximate surface area is 202 Å². The number of aliphatic hydroxyl groups is 2. The first-order chi connectivity index (χ1) is 14.6. The molecule has 0 amide bonds. The van der Waals surface area contributed by atoms with Gasteiger partial charge in [0.1, 0.15) is 18.3 Å². The third kappa shape index (κ3) is 6.95. The summed E-state index contributed by atoms with van der Waals surface area (Å²) in [6.07, 6.45) is -5.33. The molecule has 1 aliphatic heterocycles. The Morgan fingerprint density at radius 2 is 1.76 bits per heavy atom. The second-order valence-electron chi connectivity index (χ2n) is 6.21. The molecule has 33 heavy (non-hydrogen) atoms. The summed E-state index contributed by atoms with van der Waals surface area (Å²) in [5, 5.41) is 20.4. The number of ether oxygens (including phenoxy) is 1. The van der Waals surface area contributed by atoms with Gasteiger partial charge in [0, 0.05) is 27.3 Å². The molecule has 0 bridgehead atoms. The SMILES string of the molecule is Nc1nc2c(ncn2[C@@H]2O[C@H](COP(=O)(O)OP(=O)(O)OP(=O)(O)O)[C@@H](O)[C@H]2O)c(=O)[nH]1.[Cd]. The average molecular weight is 636 g/mol. The van der Waals surface area contributed by atoms with Crippen LogP contribution in [0.3, 0.4) is 0 Å². The van der Waals surface area contributed by atoms with E-state index >= 15 is 0 Å². The van der Waals surface area contributed by atoms with Gasteiger partial charge in [0.05, 0.1) is 12.9 Å². The van der Waals surface area contributed by atoms with Crippen LogP contribution in [-0.4, -0.2) is 74.2 Å². The summed E-state index contributed by atoms with van der Waals surface area (Å²) < 4.78 is 51.6. The molecule has 3 rings (SSSR count). The number of anilines is 1. The Morgan fingerprint density at radius 3 is 2.36 bits per heavy atom. The van der Waals surface area contributed by atoms with Crippen molar-refractivity contribution >= 4 is 40.6 Å². The zero-order chi connectivity index (χ0) is 24.1. The van der Waals surface area contributed by atoms with Crippen LogP contribution in [0.15, 0.2) is 11.1 Å². The minimum absolute atomic E-state index is 0. The molecule has 6 atom stereocenters. The Balaban J connectivity index is 0.00000385. The largest absolute Gasteiger partial charge is 0.490 e. The fourth-order valence-corrected chi connectivity index (χ4v) is 5.73. The summed E-state index contributed by atoms with van der Waals surface area (Å²) in [7, 11) is -16.8. The van der Waals surface area contributed by atoms with E-state index in [4.69, 9.17) is 25.2 Å². The number of fused-ring (bicyclic) bond motifs is 1. The number of aromatic nitrogens is 4. The van der Waals surface area contributed by atoms with Crippen LogP contribution in [0.4, 0.5) is 5.95 Å². The normalized spacial score (nSPS) is 27.1. The van der Waals surface area contributed by atoms with Gasteiger partial charge in [-0.15, -0.1) is 0 Å². The minimum atomic E-state index is -5.73. The van der Waals surface area contributed by atoms with Gasteiger partial charge in [-0.05, 0) is 0 Å². The number of aliphatic hydroxyl groups excluding tert-OH is 2. The van der Waals surface area contributed by atoms with Gasteiger partial charge in [-0.3, -0.25) is 18.9 Å². The molecule has 2 aromatic rings. The summed E-state index contributed by atoms with van der Waals surface area (Å²) in [5.41, 5.74) is 4.50. The molecule has 19 nitrogen and oxygen atoms in total. The standard InChI is InChI=1S/C10H16N5O14P3.Cd/c11-10-13-7-4(8(18)14-10)12-2-15(7)9-6(17)5(16)3(27-9)1-26-31(22,23)29-32(24,25)28-30(19,20)21;/h2-3,5-6,9,16-17H,1H2,(H,22,23)(H,24,25)(H2,19,20,21)(H3,11,13,14,18);/t3-,5-,6-,9-;/m1./s1. The van der Waals surface area contributed by atoms with E-state index in [0.717, 1.165) is 10.9 Å². The number of phosphoric acid groups is 3. The molecule has 9 N–H and O–H groups in total. The minimum Gasteiger partial charge on any atom is -0.387 e. The van der Waals surface area contributed by atoms with Gasteiger partial charge in [0.15, 0.2) is 17.4 Å². The number of H-pyrrole nitrogens is 1. The predicted molar refractivity (Wildman–Crippen MR) is 98.3 cm³/mol. The fraction of sp³-hybridized carbons (Fsp3) is 0.500. The first-order valence-electron chi connectivity index (χ1n) is 8.11. The first kappa shape index (κ1) is 28.6. The van der Waals surface area contributed by atoms with Crippen LogP contribution in [0, 0.1) is 0 Å². The number of nitrogen functional groups attached to an aromatic ring is 1. The Morgan fingerprint density at radius 1 is 1.12 bits per heavy atom. The molecule has 3 heterocycles. The number of nitrogens with one attached hydrogen (secondary N) is 1. The molecule has 1 aliphatic rings. The molecule has 2 unspecified atom stereocenters. The van der Waals surface area contributed by atoms with Crippen molar-refractivity contribution in [2.75, 3.05) is 12.3 Å². The summed E-state index contributed by atoms with van der Waals surface area (Å²) in [5.74, 6) is -0.276. The second kappa shape index (κ2) is 10.2. The number of rotatable bonds is 8. The van der Waals surface area contributed by atoms with Crippen molar-refractivity contribution in [2.45, 2.75) is 24.5 Å². The van der Waals surface area contributed by atoms with Gasteiger partial charge in [0.2, 0.25) is 5.95 Å². The van der Waals surface area contributed by atoms with E-state index in [9.17, 15) is 33.6 Å². The molecule has 0 spiro atoms. The van der Waals surface area contributed by atoms with E-state index in [2.05, 4.69) is 28.1 Å². The predicted octanol–water partition coefficient (Wildman–Crippen LogP) is -2.34. The Hall–Kier alpha value is -0.638. The number of aromatic amines is 1. The zero-order valence-electron chi connectivity index (χ0n) is 16.0. The van der Waals surface area contributed by atoms with Crippen LogP contribution in [0.1, 0.15) is 6.23 Å². The van der Waals surface area contributed by atoms with Gasteiger partial charge in [-0.2, -0.15) is 13.6 Å². The monoisotopic (exact) mass is 637 g/mol. The molecular weight excluding hydrogens is 619 g/mol. The number of hydrogen-bond acceptors (Lipinski definition) is 13. The van der Waals surface area contributed by atoms with E-state index in [1.807, 2.05) is 0 Å². The summed E-state index contributed by atoms with van der Waals surface area (Å²) in [6, 6.07) is 0. The van der Waals surface area contributed by atoms with E-state index in [0.29, 0.717) is 0 Å². The van der Waals surface area contributed by atoms with Gasteiger partial charge in [0.25, 0.3) is 5.56 Å². The van der Waals surface area contributed by atoms with Crippen LogP contribution in [0.2, 0.25) is 0 Å². The molecule has 0 radical (unpaired) electrons. The van der Waals surface area contributed by atoms with Crippen LogP contribution in [0.25, 0.3) is 11.2 Å². The number of hydrogen-bond donors (Lipinski definition) is 8. The fourth-order valence-electron chi connectivity index (χ4n) is 2.70. The van der Waals surface area contributed by atoms with Gasteiger partial charge < -0.3 is 40.3 Å². The molecule has 2 aromatic heterocycles. The smallest absolute Gasteiger partial charge is 0.387 e. The molecule has 1 saturated heterocycles. The molecule has 0 aromatic carbocycles. The summed E-state index contributed by atoms with van der Waals surface area (Å²) in [6.45, 7) is -1.01. The number of nitrogens with zero attached hydrogens (tertiary/aromatic N) is 3. The van der Waals surface area contributed by atoms with E-state index in [1.165, 1.54) is 0 Å². The number of nitrogens with two attached hydrogens (primary N) is 1. The third-order valence-electron chi connectivity index (χ3n) is 3.88. The van der Waals surface area contributed by atoms with Crippen molar-refractivity contribution in [3.63, 3.8) is 0 Å². The summed E-state index contributed by atoms with van der Waals surface area (Å²) >= 11 is 0. The van der Waals surface area contributed by atoms with Crippen molar-refractivity contribution in [2.24, 2.45) is 0 Å². The van der Waals surface area contributed by atoms with Crippen molar-refractivity contribution in [3.8, 4) is 0 Å². The average Bonchev–Trinajstić information content (AvgIpc) is 3.12. The maximum atomic E-state index is 11.9. The summed E-state index contributed by atoms with van der Waals surface area (Å²) in [4.78, 5) is 57.3. The number of imidazole rings is 1. The number of phosphoric ester groups is 1. The zero-order valence-corrected chi connectivity index (χ0v) is 22.7. The first-order valence-corrected chi connectivity index (χ1v) is 12.6. The van der Waals surface area contributed by atoms with E-state index in [-0.39, 0.29) is 44.4 Å². The van der Waals surface area contributed by atoms with Crippen LogP contribution < -0.4 is 11.3 Å². The molecule has 182 valence electrons. The van der Waals surface area contributed by atoms with Crippen molar-refractivity contribution in [3.05, 3.63) is 16.7 Å². The van der Waals surface area contributed by atoms with Crippen molar-refractivity contribution < 1.29 is 88.7 Å². The third-order valence-corrected chi connectivity index (χ3v) is 7.68. The Kier molecular flexibility index (Phi) is 8.80. The van der Waals surface area contributed by atoms with Crippen LogP contribution >= 0.6 is 23.5 Å². The van der Waals surface area contributed by atoms with E-state index in [1.54, 1.807) is 0 Å². The Bertz CT molecular complexity index is 1210. The van der Waals surface area contributed by atoms with Gasteiger partial charge >= 0.3 is 23.5 Å². The van der Waals surface area contributed by atoms with Crippen molar-refractivity contribution in [1.82, 2.24) is 19.5 Å². The molecule has 0 aliphatic carbocycles. The van der Waals surface area contributed by atoms with Crippen molar-refractivity contribution in [1.29, 1.82) is 0 Å². The molecular formula is C10H16CdN5O14P3. The quantitative estimate of drug-likeness (QED) is 0.111. The molecule has 23 heteroatoms. The second-order valence-corrected chi connectivity index (χ2v) is 10.6. The van der Waals surface area contributed by atoms with Crippen LogP contribution in [0.5, 0.6) is 0 Å². The maximum absolute atomic E-state index is 11.9. The molecule has 1 fully saturated rings. The maximum Gasteiger partial charge on any atom is 0.490 e. The van der Waals surface area contributed by atoms with E-state index < -0.39 is 60.2 Å². The van der Waals surface area contributed by atoms with Crippen LogP contribution in [-0.2, 0) is 58.9 Å².